The molecule has 2 atom stereocenters. The SMILES string of the molecule is CCOc1ccccc1-c1noc(CN2C(=O)NC3(CCCCC3C)C2=O)n1. The van der Waals surface area contributed by atoms with E-state index in [1.807, 2.05) is 38.1 Å². The second-order valence-electron chi connectivity index (χ2n) is 7.38. The molecule has 1 N–H and O–H groups in total. The van der Waals surface area contributed by atoms with Crippen LogP contribution in [0.15, 0.2) is 28.8 Å². The summed E-state index contributed by atoms with van der Waals surface area (Å²) >= 11 is 0. The molecule has 2 fully saturated rings. The molecule has 4 rings (SSSR count). The average Bonchev–Trinajstić information content (AvgIpc) is 3.24. The van der Waals surface area contributed by atoms with E-state index in [-0.39, 0.29) is 24.3 Å². The molecule has 0 radical (unpaired) electrons. The second kappa shape index (κ2) is 7.26. The molecule has 3 amide bonds. The highest BCUT2D eigenvalue weighted by Crippen LogP contribution is 2.38. The molecule has 1 aliphatic carbocycles. The Kier molecular flexibility index (Phi) is 4.78. The first-order valence-electron chi connectivity index (χ1n) is 9.74. The van der Waals surface area contributed by atoms with Gasteiger partial charge in [0.2, 0.25) is 11.7 Å². The Morgan fingerprint density at radius 2 is 2.14 bits per heavy atom. The maximum Gasteiger partial charge on any atom is 0.325 e. The third-order valence-electron chi connectivity index (χ3n) is 5.69. The minimum atomic E-state index is -0.792. The van der Waals surface area contributed by atoms with Crippen molar-refractivity contribution in [1.82, 2.24) is 20.4 Å². The smallest absolute Gasteiger partial charge is 0.325 e. The lowest BCUT2D eigenvalue weighted by Gasteiger charge is -2.36. The number of para-hydroxylation sites is 1. The number of hydrogen-bond acceptors (Lipinski definition) is 6. The van der Waals surface area contributed by atoms with E-state index < -0.39 is 11.6 Å². The first-order chi connectivity index (χ1) is 13.5. The normalized spacial score (nSPS) is 24.6. The molecule has 2 unspecified atom stereocenters. The molecule has 8 heteroatoms. The maximum atomic E-state index is 13.1. The number of rotatable bonds is 5. The summed E-state index contributed by atoms with van der Waals surface area (Å²) < 4.78 is 10.9. The molecule has 148 valence electrons. The minimum absolute atomic E-state index is 0.0388. The standard InChI is InChI=1S/C20H24N4O4/c1-3-27-15-10-5-4-9-14(15)17-21-16(28-23-17)12-24-18(25)20(22-19(24)26)11-7-6-8-13(20)2/h4-5,9-10,13H,3,6-8,11-12H2,1-2H3,(H,22,26). The van der Waals surface area contributed by atoms with Gasteiger partial charge in [-0.15, -0.1) is 0 Å². The average molecular weight is 384 g/mol. The second-order valence-corrected chi connectivity index (χ2v) is 7.38. The number of ether oxygens (including phenoxy) is 1. The van der Waals surface area contributed by atoms with Gasteiger partial charge in [-0.1, -0.05) is 37.1 Å². The number of nitrogens with zero attached hydrogens (tertiary/aromatic N) is 3. The van der Waals surface area contributed by atoms with Crippen molar-refractivity contribution in [3.8, 4) is 17.1 Å². The van der Waals surface area contributed by atoms with Gasteiger partial charge in [0.05, 0.1) is 12.2 Å². The van der Waals surface area contributed by atoms with E-state index in [0.29, 0.717) is 30.2 Å². The molecule has 2 aliphatic rings. The quantitative estimate of drug-likeness (QED) is 0.796. The van der Waals surface area contributed by atoms with E-state index in [2.05, 4.69) is 15.5 Å². The number of hydrogen-bond donors (Lipinski definition) is 1. The van der Waals surface area contributed by atoms with Crippen LogP contribution < -0.4 is 10.1 Å². The number of benzene rings is 1. The van der Waals surface area contributed by atoms with Crippen LogP contribution in [0.1, 0.15) is 45.4 Å². The van der Waals surface area contributed by atoms with Gasteiger partial charge in [0.1, 0.15) is 17.8 Å². The number of carbonyl (C=O) groups is 2. The van der Waals surface area contributed by atoms with Crippen LogP contribution in [0.2, 0.25) is 0 Å². The van der Waals surface area contributed by atoms with Crippen LogP contribution in [0.5, 0.6) is 5.75 Å². The molecular formula is C20H24N4O4. The first-order valence-corrected chi connectivity index (χ1v) is 9.74. The summed E-state index contributed by atoms with van der Waals surface area (Å²) in [4.78, 5) is 31.1. The summed E-state index contributed by atoms with van der Waals surface area (Å²) in [5.74, 6) is 1.15. The van der Waals surface area contributed by atoms with Crippen LogP contribution in [0.3, 0.4) is 0 Å². The number of aromatic nitrogens is 2. The van der Waals surface area contributed by atoms with Crippen molar-refractivity contribution in [3.05, 3.63) is 30.2 Å². The summed E-state index contributed by atoms with van der Waals surface area (Å²) in [6, 6.07) is 7.01. The number of urea groups is 1. The van der Waals surface area contributed by atoms with Crippen LogP contribution >= 0.6 is 0 Å². The zero-order valence-corrected chi connectivity index (χ0v) is 16.1. The highest BCUT2D eigenvalue weighted by molar-refractivity contribution is 6.07. The third-order valence-corrected chi connectivity index (χ3v) is 5.69. The van der Waals surface area contributed by atoms with Gasteiger partial charge in [0.15, 0.2) is 0 Å². The van der Waals surface area contributed by atoms with Gasteiger partial charge < -0.3 is 14.6 Å². The minimum Gasteiger partial charge on any atom is -0.493 e. The van der Waals surface area contributed by atoms with Crippen LogP contribution in [-0.4, -0.2) is 39.1 Å². The Balaban J connectivity index is 1.55. The lowest BCUT2D eigenvalue weighted by molar-refractivity contribution is -0.134. The maximum absolute atomic E-state index is 13.1. The van der Waals surface area contributed by atoms with Gasteiger partial charge in [0.25, 0.3) is 5.91 Å². The van der Waals surface area contributed by atoms with Crippen LogP contribution in [-0.2, 0) is 11.3 Å². The Morgan fingerprint density at radius 1 is 1.32 bits per heavy atom. The zero-order valence-electron chi connectivity index (χ0n) is 16.1. The van der Waals surface area contributed by atoms with Gasteiger partial charge in [-0.3, -0.25) is 9.69 Å². The van der Waals surface area contributed by atoms with Crippen molar-refractivity contribution in [3.63, 3.8) is 0 Å². The monoisotopic (exact) mass is 384 g/mol. The van der Waals surface area contributed by atoms with Crippen LogP contribution in [0.4, 0.5) is 4.79 Å². The third kappa shape index (κ3) is 3.02. The molecule has 1 aromatic carbocycles. The predicted molar refractivity (Wildman–Crippen MR) is 100 cm³/mol. The Hall–Kier alpha value is -2.90. The van der Waals surface area contributed by atoms with E-state index in [1.54, 1.807) is 0 Å². The summed E-state index contributed by atoms with van der Waals surface area (Å²) in [6.07, 6.45) is 3.62. The van der Waals surface area contributed by atoms with E-state index in [0.717, 1.165) is 19.3 Å². The fourth-order valence-corrected chi connectivity index (χ4v) is 4.14. The lowest BCUT2D eigenvalue weighted by atomic mass is 9.73. The number of carbonyl (C=O) groups excluding carboxylic acids is 2. The number of nitrogens with one attached hydrogen (secondary N) is 1. The van der Waals surface area contributed by atoms with E-state index >= 15 is 0 Å². The van der Waals surface area contributed by atoms with Crippen molar-refractivity contribution in [1.29, 1.82) is 0 Å². The van der Waals surface area contributed by atoms with Gasteiger partial charge >= 0.3 is 6.03 Å². The molecule has 1 saturated heterocycles. The molecule has 1 spiro atoms. The Morgan fingerprint density at radius 3 is 2.93 bits per heavy atom. The van der Waals surface area contributed by atoms with Gasteiger partial charge in [-0.25, -0.2) is 4.79 Å². The zero-order chi connectivity index (χ0) is 19.7. The van der Waals surface area contributed by atoms with Gasteiger partial charge in [0, 0.05) is 0 Å². The molecule has 1 saturated carbocycles. The van der Waals surface area contributed by atoms with Gasteiger partial charge in [-0.2, -0.15) is 4.98 Å². The van der Waals surface area contributed by atoms with Crippen molar-refractivity contribution in [2.24, 2.45) is 5.92 Å². The Labute approximate surface area is 163 Å². The van der Waals surface area contributed by atoms with Crippen LogP contribution in [0.25, 0.3) is 11.4 Å². The number of amides is 3. The molecule has 2 aromatic rings. The summed E-state index contributed by atoms with van der Waals surface area (Å²) in [5, 5.41) is 6.94. The van der Waals surface area contributed by atoms with E-state index in [1.165, 1.54) is 4.90 Å². The summed E-state index contributed by atoms with van der Waals surface area (Å²) in [7, 11) is 0. The van der Waals surface area contributed by atoms with Gasteiger partial charge in [-0.05, 0) is 37.8 Å². The summed E-state index contributed by atoms with van der Waals surface area (Å²) in [5.41, 5.74) is -0.0892. The molecule has 2 heterocycles. The molecule has 0 bridgehead atoms. The van der Waals surface area contributed by atoms with Crippen molar-refractivity contribution >= 4 is 11.9 Å². The molecule has 1 aliphatic heterocycles. The van der Waals surface area contributed by atoms with Crippen molar-refractivity contribution in [2.75, 3.05) is 6.61 Å². The van der Waals surface area contributed by atoms with E-state index in [4.69, 9.17) is 9.26 Å². The van der Waals surface area contributed by atoms with Crippen molar-refractivity contribution < 1.29 is 18.8 Å². The lowest BCUT2D eigenvalue weighted by Crippen LogP contribution is -2.53. The fraction of sp³-hybridized carbons (Fsp3) is 0.500. The summed E-state index contributed by atoms with van der Waals surface area (Å²) in [6.45, 7) is 4.40. The Bertz CT molecular complexity index is 896. The fourth-order valence-electron chi connectivity index (χ4n) is 4.14. The largest absolute Gasteiger partial charge is 0.493 e. The highest BCUT2D eigenvalue weighted by Gasteiger charge is 2.55. The molecule has 1 aromatic heterocycles. The highest BCUT2D eigenvalue weighted by atomic mass is 16.5. The number of imide groups is 1. The first kappa shape index (κ1) is 18.5. The van der Waals surface area contributed by atoms with Crippen LogP contribution in [0, 0.1) is 5.92 Å². The molecular weight excluding hydrogens is 360 g/mol. The topological polar surface area (TPSA) is 97.6 Å². The van der Waals surface area contributed by atoms with E-state index in [9.17, 15) is 9.59 Å². The van der Waals surface area contributed by atoms with Crippen molar-refractivity contribution in [2.45, 2.75) is 51.6 Å². The predicted octanol–water partition coefficient (Wildman–Crippen LogP) is 3.14. The molecule has 28 heavy (non-hydrogen) atoms. The molecule has 8 nitrogen and oxygen atoms in total.